The molecule has 0 saturated heterocycles. The predicted molar refractivity (Wildman–Crippen MR) is 63.8 cm³/mol. The van der Waals surface area contributed by atoms with Gasteiger partial charge in [-0.05, 0) is 39.3 Å². The van der Waals surface area contributed by atoms with E-state index in [1.54, 1.807) is 7.11 Å². The third-order valence-corrected chi connectivity index (χ3v) is 3.50. The molecule has 0 radical (unpaired) electrons. The van der Waals surface area contributed by atoms with Crippen LogP contribution in [0, 0.1) is 0 Å². The van der Waals surface area contributed by atoms with Crippen molar-refractivity contribution in [3.63, 3.8) is 0 Å². The molecule has 1 N–H and O–H groups in total. The maximum atomic E-state index is 5.63. The zero-order valence-corrected chi connectivity index (χ0v) is 10.7. The van der Waals surface area contributed by atoms with Crippen molar-refractivity contribution in [2.24, 2.45) is 0 Å². The molecule has 1 heterocycles. The molecule has 96 valence electrons. The smallest absolute Gasteiger partial charge is 0.219 e. The van der Waals surface area contributed by atoms with Gasteiger partial charge in [0.1, 0.15) is 0 Å². The molecule has 2 rings (SSSR count). The van der Waals surface area contributed by atoms with Crippen molar-refractivity contribution in [3.05, 3.63) is 11.8 Å². The summed E-state index contributed by atoms with van der Waals surface area (Å²) in [4.78, 5) is 0. The lowest BCUT2D eigenvalue weighted by Crippen LogP contribution is -2.41. The fourth-order valence-corrected chi connectivity index (χ4v) is 2.18. The lowest BCUT2D eigenvalue weighted by atomic mass is 9.77. The summed E-state index contributed by atoms with van der Waals surface area (Å²) in [5.41, 5.74) is -0.0330. The van der Waals surface area contributed by atoms with Gasteiger partial charge in [-0.2, -0.15) is 0 Å². The summed E-state index contributed by atoms with van der Waals surface area (Å²) in [5, 5.41) is 11.3. The van der Waals surface area contributed by atoms with Crippen LogP contribution >= 0.6 is 0 Å². The highest BCUT2D eigenvalue weighted by Crippen LogP contribution is 2.37. The zero-order chi connectivity index (χ0) is 12.1. The van der Waals surface area contributed by atoms with Gasteiger partial charge in [-0.1, -0.05) is 0 Å². The lowest BCUT2D eigenvalue weighted by molar-refractivity contribution is -0.0746. The highest BCUT2D eigenvalue weighted by molar-refractivity contribution is 4.97. The Labute approximate surface area is 102 Å². The van der Waals surface area contributed by atoms with Gasteiger partial charge in [0, 0.05) is 13.5 Å². The molecular formula is C12H21N3O2. The molecule has 1 saturated carbocycles. The Balaban J connectivity index is 1.85. The minimum absolute atomic E-state index is 0.0330. The number of rotatable bonds is 7. The molecule has 1 aliphatic rings. The average molecular weight is 239 g/mol. The Morgan fingerprint density at radius 2 is 2.12 bits per heavy atom. The molecule has 0 spiro atoms. The van der Waals surface area contributed by atoms with Gasteiger partial charge in [0.25, 0.3) is 0 Å². The Hall–Kier alpha value is -0.940. The van der Waals surface area contributed by atoms with E-state index in [9.17, 15) is 0 Å². The Bertz CT molecular complexity index is 342. The van der Waals surface area contributed by atoms with Crippen LogP contribution in [-0.4, -0.2) is 36.5 Å². The zero-order valence-electron chi connectivity index (χ0n) is 10.7. The first-order chi connectivity index (χ1) is 8.28. The first-order valence-corrected chi connectivity index (χ1v) is 6.29. The van der Waals surface area contributed by atoms with Crippen LogP contribution in [0.3, 0.4) is 0 Å². The number of ether oxygens (including phenoxy) is 1. The highest BCUT2D eigenvalue weighted by Gasteiger charge is 2.38. The minimum Gasteiger partial charge on any atom is -0.425 e. The van der Waals surface area contributed by atoms with E-state index < -0.39 is 0 Å². The summed E-state index contributed by atoms with van der Waals surface area (Å²) in [6.07, 6.45) is 6.04. The summed E-state index contributed by atoms with van der Waals surface area (Å²) in [5.74, 6) is 1.45. The van der Waals surface area contributed by atoms with Gasteiger partial charge in [0.05, 0.1) is 12.0 Å². The fraction of sp³-hybridized carbons (Fsp3) is 0.833. The number of hydrogen-bond acceptors (Lipinski definition) is 5. The molecule has 0 unspecified atom stereocenters. The van der Waals surface area contributed by atoms with Gasteiger partial charge >= 0.3 is 0 Å². The Morgan fingerprint density at radius 1 is 1.35 bits per heavy atom. The van der Waals surface area contributed by atoms with Gasteiger partial charge < -0.3 is 14.5 Å². The molecule has 1 aromatic heterocycles. The number of aromatic nitrogens is 2. The quantitative estimate of drug-likeness (QED) is 0.727. The van der Waals surface area contributed by atoms with Crippen molar-refractivity contribution < 1.29 is 9.15 Å². The van der Waals surface area contributed by atoms with E-state index in [4.69, 9.17) is 9.15 Å². The summed E-state index contributed by atoms with van der Waals surface area (Å²) < 4.78 is 11.2. The minimum atomic E-state index is -0.0330. The van der Waals surface area contributed by atoms with Gasteiger partial charge in [-0.25, -0.2) is 0 Å². The van der Waals surface area contributed by atoms with Gasteiger partial charge in [0.15, 0.2) is 0 Å². The van der Waals surface area contributed by atoms with Gasteiger partial charge in [-0.3, -0.25) is 0 Å². The average Bonchev–Trinajstić information content (AvgIpc) is 2.72. The molecular weight excluding hydrogens is 218 g/mol. The summed E-state index contributed by atoms with van der Waals surface area (Å²) in [7, 11) is 3.71. The van der Waals surface area contributed by atoms with Crippen LogP contribution in [0.15, 0.2) is 4.42 Å². The summed E-state index contributed by atoms with van der Waals surface area (Å²) >= 11 is 0. The molecule has 1 aliphatic carbocycles. The van der Waals surface area contributed by atoms with E-state index in [2.05, 4.69) is 15.5 Å². The molecule has 0 amide bonds. The molecule has 1 fully saturated rings. The number of nitrogens with one attached hydrogen (secondary N) is 1. The van der Waals surface area contributed by atoms with Crippen LogP contribution in [0.4, 0.5) is 0 Å². The van der Waals surface area contributed by atoms with Crippen molar-refractivity contribution in [2.75, 3.05) is 20.7 Å². The van der Waals surface area contributed by atoms with Crippen LogP contribution in [0.1, 0.15) is 37.5 Å². The van der Waals surface area contributed by atoms with E-state index >= 15 is 0 Å². The number of methoxy groups -OCH3 is 1. The molecule has 1 aromatic rings. The first-order valence-electron chi connectivity index (χ1n) is 6.29. The van der Waals surface area contributed by atoms with Crippen LogP contribution in [-0.2, 0) is 17.6 Å². The maximum Gasteiger partial charge on any atom is 0.219 e. The molecule has 0 aromatic carbocycles. The normalized spacial score (nSPS) is 18.0. The Kier molecular flexibility index (Phi) is 4.12. The maximum absolute atomic E-state index is 5.63. The SMILES string of the molecule is CNCCCc1nnc(CC2(OC)CCC2)o1. The lowest BCUT2D eigenvalue weighted by Gasteiger charge is -2.39. The van der Waals surface area contributed by atoms with E-state index in [-0.39, 0.29) is 5.60 Å². The standard InChI is InChI=1S/C12H21N3O2/c1-13-8-3-5-10-14-15-11(17-10)9-12(16-2)6-4-7-12/h13H,3-9H2,1-2H3. The summed E-state index contributed by atoms with van der Waals surface area (Å²) in [6, 6.07) is 0. The molecule has 0 atom stereocenters. The van der Waals surface area contributed by atoms with Gasteiger partial charge in [-0.15, -0.1) is 10.2 Å². The summed E-state index contributed by atoms with van der Waals surface area (Å²) in [6.45, 7) is 0.972. The second-order valence-corrected chi connectivity index (χ2v) is 4.71. The van der Waals surface area contributed by atoms with Crippen molar-refractivity contribution in [1.29, 1.82) is 0 Å². The molecule has 5 nitrogen and oxygen atoms in total. The fourth-order valence-electron chi connectivity index (χ4n) is 2.18. The van der Waals surface area contributed by atoms with Crippen LogP contribution < -0.4 is 5.32 Å². The second kappa shape index (κ2) is 5.60. The number of aryl methyl sites for hydroxylation is 1. The molecule has 0 aliphatic heterocycles. The predicted octanol–water partition coefficient (Wildman–Crippen LogP) is 1.33. The van der Waals surface area contributed by atoms with Crippen molar-refractivity contribution in [1.82, 2.24) is 15.5 Å². The van der Waals surface area contributed by atoms with Crippen LogP contribution in [0.2, 0.25) is 0 Å². The second-order valence-electron chi connectivity index (χ2n) is 4.71. The van der Waals surface area contributed by atoms with Crippen LogP contribution in [0.5, 0.6) is 0 Å². The monoisotopic (exact) mass is 239 g/mol. The largest absolute Gasteiger partial charge is 0.425 e. The number of hydrogen-bond donors (Lipinski definition) is 1. The van der Waals surface area contributed by atoms with E-state index in [0.29, 0.717) is 5.89 Å². The number of nitrogens with zero attached hydrogens (tertiary/aromatic N) is 2. The highest BCUT2D eigenvalue weighted by atomic mass is 16.5. The van der Waals surface area contributed by atoms with Gasteiger partial charge in [0.2, 0.25) is 11.8 Å². The topological polar surface area (TPSA) is 60.2 Å². The van der Waals surface area contributed by atoms with Crippen molar-refractivity contribution in [3.8, 4) is 0 Å². The third kappa shape index (κ3) is 3.04. The van der Waals surface area contributed by atoms with Crippen molar-refractivity contribution in [2.45, 2.75) is 44.1 Å². The third-order valence-electron chi connectivity index (χ3n) is 3.50. The first kappa shape index (κ1) is 12.5. The Morgan fingerprint density at radius 3 is 2.71 bits per heavy atom. The van der Waals surface area contributed by atoms with Crippen molar-refractivity contribution >= 4 is 0 Å². The van der Waals surface area contributed by atoms with E-state index in [1.807, 2.05) is 7.05 Å². The van der Waals surface area contributed by atoms with E-state index in [1.165, 1.54) is 6.42 Å². The molecule has 0 bridgehead atoms. The van der Waals surface area contributed by atoms with E-state index in [0.717, 1.165) is 44.5 Å². The van der Waals surface area contributed by atoms with Crippen LogP contribution in [0.25, 0.3) is 0 Å². The molecule has 5 heteroatoms. The molecule has 17 heavy (non-hydrogen) atoms.